The van der Waals surface area contributed by atoms with E-state index >= 15 is 0 Å². The molecule has 2 N–H and O–H groups in total. The number of aromatic hydroxyl groups is 1. The topological polar surface area (TPSA) is 99.3 Å². The summed E-state index contributed by atoms with van der Waals surface area (Å²) in [5, 5.41) is 25.2. The van der Waals surface area contributed by atoms with Crippen LogP contribution in [0.2, 0.25) is 0 Å². The second kappa shape index (κ2) is 3.82. The third-order valence-corrected chi connectivity index (χ3v) is 2.38. The van der Waals surface area contributed by atoms with Crippen molar-refractivity contribution in [3.8, 4) is 5.75 Å². The summed E-state index contributed by atoms with van der Waals surface area (Å²) in [6, 6.07) is 3.91. The fourth-order valence-electron chi connectivity index (χ4n) is 1.57. The number of hydrogen-bond donors (Lipinski definition) is 2. The van der Waals surface area contributed by atoms with Crippen molar-refractivity contribution in [1.29, 1.82) is 0 Å². The molecule has 6 heteroatoms. The van der Waals surface area contributed by atoms with Gasteiger partial charge in [0.2, 0.25) is 0 Å². The molecule has 2 rings (SSSR count). The quantitative estimate of drug-likeness (QED) is 0.812. The third kappa shape index (κ3) is 1.80. The molecule has 0 saturated heterocycles. The molecular formula is C11H8N2O4. The maximum absolute atomic E-state index is 11.4. The zero-order valence-corrected chi connectivity index (χ0v) is 8.84. The van der Waals surface area contributed by atoms with Crippen LogP contribution in [0.3, 0.4) is 0 Å². The number of allylic oxidation sites excluding steroid dienone is 1. The smallest absolute Gasteiger partial charge is 0.339 e. The Morgan fingerprint density at radius 1 is 1.29 bits per heavy atom. The number of azo groups is 1. The van der Waals surface area contributed by atoms with E-state index in [2.05, 4.69) is 10.2 Å². The second-order valence-electron chi connectivity index (χ2n) is 3.50. The van der Waals surface area contributed by atoms with Crippen molar-refractivity contribution < 1.29 is 19.8 Å². The van der Waals surface area contributed by atoms with E-state index in [9.17, 15) is 14.7 Å². The van der Waals surface area contributed by atoms with E-state index in [0.29, 0.717) is 11.3 Å². The normalized spacial score (nSPS) is 14.5. The van der Waals surface area contributed by atoms with Crippen molar-refractivity contribution in [3.05, 3.63) is 35.0 Å². The molecule has 0 radical (unpaired) electrons. The highest BCUT2D eigenvalue weighted by molar-refractivity contribution is 6.22. The van der Waals surface area contributed by atoms with Gasteiger partial charge in [-0.15, -0.1) is 5.11 Å². The molecule has 1 amide bonds. The number of aromatic carboxylic acids is 1. The van der Waals surface area contributed by atoms with Gasteiger partial charge < -0.3 is 10.2 Å². The first-order valence-electron chi connectivity index (χ1n) is 4.74. The molecule has 17 heavy (non-hydrogen) atoms. The number of amides is 1. The number of carbonyl (C=O) groups excluding carboxylic acids is 1. The summed E-state index contributed by atoms with van der Waals surface area (Å²) in [4.78, 5) is 22.3. The molecule has 1 aliphatic heterocycles. The monoisotopic (exact) mass is 232 g/mol. The third-order valence-electron chi connectivity index (χ3n) is 2.38. The Kier molecular flexibility index (Phi) is 2.47. The molecule has 0 bridgehead atoms. The van der Waals surface area contributed by atoms with Gasteiger partial charge in [0.05, 0.1) is 11.3 Å². The summed E-state index contributed by atoms with van der Waals surface area (Å²) in [5.41, 5.74) is 0.805. The van der Waals surface area contributed by atoms with E-state index in [0.717, 1.165) is 0 Å². The SMILES string of the molecule is CC1=C(c2ccc(O)c(C(=O)O)c2)C(=O)N=N1. The lowest BCUT2D eigenvalue weighted by Gasteiger charge is -2.04. The van der Waals surface area contributed by atoms with Crippen LogP contribution in [0.15, 0.2) is 34.1 Å². The lowest BCUT2D eigenvalue weighted by molar-refractivity contribution is -0.112. The molecule has 1 aliphatic rings. The molecule has 0 atom stereocenters. The highest BCUT2D eigenvalue weighted by Crippen LogP contribution is 2.29. The Balaban J connectivity index is 2.56. The Labute approximate surface area is 95.9 Å². The molecule has 0 unspecified atom stereocenters. The second-order valence-corrected chi connectivity index (χ2v) is 3.50. The van der Waals surface area contributed by atoms with Gasteiger partial charge in [0.1, 0.15) is 11.3 Å². The van der Waals surface area contributed by atoms with E-state index in [1.54, 1.807) is 6.92 Å². The molecule has 1 heterocycles. The van der Waals surface area contributed by atoms with Crippen molar-refractivity contribution in [1.82, 2.24) is 0 Å². The highest BCUT2D eigenvalue weighted by atomic mass is 16.4. The maximum atomic E-state index is 11.4. The number of nitrogens with zero attached hydrogens (tertiary/aromatic N) is 2. The Hall–Kier alpha value is -2.50. The van der Waals surface area contributed by atoms with E-state index in [4.69, 9.17) is 5.11 Å². The Morgan fingerprint density at radius 2 is 2.00 bits per heavy atom. The zero-order chi connectivity index (χ0) is 12.6. The summed E-state index contributed by atoms with van der Waals surface area (Å²) in [6.45, 7) is 1.61. The van der Waals surface area contributed by atoms with Crippen molar-refractivity contribution in [2.45, 2.75) is 6.92 Å². The van der Waals surface area contributed by atoms with Crippen LogP contribution >= 0.6 is 0 Å². The largest absolute Gasteiger partial charge is 0.507 e. The minimum absolute atomic E-state index is 0.257. The first-order chi connectivity index (χ1) is 8.00. The summed E-state index contributed by atoms with van der Waals surface area (Å²) in [5.74, 6) is -2.12. The number of hydrogen-bond acceptors (Lipinski definition) is 4. The number of benzene rings is 1. The van der Waals surface area contributed by atoms with Crippen molar-refractivity contribution >= 4 is 17.4 Å². The molecule has 6 nitrogen and oxygen atoms in total. The molecular weight excluding hydrogens is 224 g/mol. The van der Waals surface area contributed by atoms with Crippen molar-refractivity contribution in [3.63, 3.8) is 0 Å². The molecule has 0 spiro atoms. The first kappa shape index (κ1) is 11.0. The first-order valence-corrected chi connectivity index (χ1v) is 4.74. The lowest BCUT2D eigenvalue weighted by atomic mass is 10.0. The van der Waals surface area contributed by atoms with E-state index in [1.165, 1.54) is 18.2 Å². The van der Waals surface area contributed by atoms with Gasteiger partial charge in [0.25, 0.3) is 5.91 Å². The standard InChI is InChI=1S/C11H8N2O4/c1-5-9(10(15)13-12-5)6-2-3-8(14)7(4-6)11(16)17/h2-4,14H,1H3,(H,16,17). The Morgan fingerprint density at radius 3 is 2.53 bits per heavy atom. The highest BCUT2D eigenvalue weighted by Gasteiger charge is 2.22. The number of carbonyl (C=O) groups is 2. The van der Waals surface area contributed by atoms with E-state index in [-0.39, 0.29) is 16.9 Å². The predicted octanol–water partition coefficient (Wildman–Crippen LogP) is 1.81. The minimum atomic E-state index is -1.26. The maximum Gasteiger partial charge on any atom is 0.339 e. The molecule has 0 fully saturated rings. The summed E-state index contributed by atoms with van der Waals surface area (Å²) >= 11 is 0. The number of carboxylic acids is 1. The molecule has 86 valence electrons. The van der Waals surface area contributed by atoms with Gasteiger partial charge in [0.15, 0.2) is 0 Å². The van der Waals surface area contributed by atoms with Gasteiger partial charge in [0, 0.05) is 0 Å². The van der Waals surface area contributed by atoms with Crippen LogP contribution in [0, 0.1) is 0 Å². The number of carboxylic acid groups (broad SMARTS) is 1. The van der Waals surface area contributed by atoms with Crippen LogP contribution < -0.4 is 0 Å². The molecule has 0 aliphatic carbocycles. The Bertz CT molecular complexity index is 587. The van der Waals surface area contributed by atoms with Crippen molar-refractivity contribution in [2.75, 3.05) is 0 Å². The zero-order valence-electron chi connectivity index (χ0n) is 8.84. The van der Waals surface area contributed by atoms with Crippen molar-refractivity contribution in [2.24, 2.45) is 10.2 Å². The summed E-state index contributed by atoms with van der Waals surface area (Å²) < 4.78 is 0. The van der Waals surface area contributed by atoms with Gasteiger partial charge in [-0.25, -0.2) is 4.79 Å². The van der Waals surface area contributed by atoms with E-state index in [1.807, 2.05) is 0 Å². The van der Waals surface area contributed by atoms with Crippen LogP contribution in [-0.2, 0) is 4.79 Å². The van der Waals surface area contributed by atoms with Crippen LogP contribution in [-0.4, -0.2) is 22.1 Å². The van der Waals surface area contributed by atoms with Crippen LogP contribution in [0.4, 0.5) is 0 Å². The average molecular weight is 232 g/mol. The van der Waals surface area contributed by atoms with Gasteiger partial charge in [-0.3, -0.25) is 4.79 Å². The fourth-order valence-corrected chi connectivity index (χ4v) is 1.57. The number of rotatable bonds is 2. The van der Waals surface area contributed by atoms with Crippen LogP contribution in [0.1, 0.15) is 22.8 Å². The molecule has 0 aromatic heterocycles. The van der Waals surface area contributed by atoms with E-state index < -0.39 is 11.9 Å². The summed E-state index contributed by atoms with van der Waals surface area (Å²) in [6.07, 6.45) is 0. The van der Waals surface area contributed by atoms with Gasteiger partial charge >= 0.3 is 5.97 Å². The van der Waals surface area contributed by atoms with Gasteiger partial charge in [-0.05, 0) is 24.6 Å². The van der Waals surface area contributed by atoms with Gasteiger partial charge in [-0.2, -0.15) is 5.11 Å². The van der Waals surface area contributed by atoms with Crippen LogP contribution in [0.25, 0.3) is 5.57 Å². The predicted molar refractivity (Wildman–Crippen MR) is 57.5 cm³/mol. The molecule has 0 saturated carbocycles. The molecule has 1 aromatic rings. The fraction of sp³-hybridized carbons (Fsp3) is 0.0909. The lowest BCUT2D eigenvalue weighted by Crippen LogP contribution is -2.01. The minimum Gasteiger partial charge on any atom is -0.507 e. The number of phenols is 1. The average Bonchev–Trinajstić information content (AvgIpc) is 2.59. The molecule has 1 aromatic carbocycles. The summed E-state index contributed by atoms with van der Waals surface area (Å²) in [7, 11) is 0. The van der Waals surface area contributed by atoms with Gasteiger partial charge in [-0.1, -0.05) is 6.07 Å². The van der Waals surface area contributed by atoms with Crippen LogP contribution in [0.5, 0.6) is 5.75 Å².